The number of hydroxylamine groups is 1. The molecule has 0 spiro atoms. The maximum absolute atomic E-state index is 5.03. The monoisotopic (exact) mass is 114 g/mol. The minimum atomic E-state index is 0.791. The fraction of sp³-hybridized carbons (Fsp3) is 0.800. The summed E-state index contributed by atoms with van der Waals surface area (Å²) in [6.45, 7) is 5.02. The number of hydrogen-bond acceptors (Lipinski definition) is 3. The molecule has 1 aliphatic rings. The normalized spacial score (nSPS) is 20.8. The zero-order chi connectivity index (χ0) is 5.82. The van der Waals surface area contributed by atoms with E-state index in [9.17, 15) is 0 Å². The largest absolute Gasteiger partial charge is 0.257 e. The molecule has 0 unspecified atom stereocenters. The standard InChI is InChI=1S/C5H10N2O/c1-6-7-4-2-3-5-8-7/h1-5H2. The zero-order valence-corrected chi connectivity index (χ0v) is 4.84. The van der Waals surface area contributed by atoms with Crippen molar-refractivity contribution in [2.45, 2.75) is 12.8 Å². The zero-order valence-electron chi connectivity index (χ0n) is 4.84. The van der Waals surface area contributed by atoms with Gasteiger partial charge in [0, 0.05) is 6.72 Å². The fourth-order valence-corrected chi connectivity index (χ4v) is 0.695. The van der Waals surface area contributed by atoms with Crippen LogP contribution in [0.2, 0.25) is 0 Å². The smallest absolute Gasteiger partial charge is 0.0767 e. The first kappa shape index (κ1) is 5.56. The first-order valence-corrected chi connectivity index (χ1v) is 2.80. The summed E-state index contributed by atoms with van der Waals surface area (Å²) >= 11 is 0. The van der Waals surface area contributed by atoms with Crippen molar-refractivity contribution in [3.05, 3.63) is 0 Å². The third kappa shape index (κ3) is 1.20. The maximum atomic E-state index is 5.03. The Morgan fingerprint density at radius 2 is 2.38 bits per heavy atom. The highest BCUT2D eigenvalue weighted by Gasteiger charge is 2.05. The van der Waals surface area contributed by atoms with E-state index in [1.165, 1.54) is 11.6 Å². The van der Waals surface area contributed by atoms with Crippen LogP contribution in [0.15, 0.2) is 5.10 Å². The molecular formula is C5H10N2O. The highest BCUT2D eigenvalue weighted by atomic mass is 16.7. The molecular weight excluding hydrogens is 104 g/mol. The lowest BCUT2D eigenvalue weighted by Gasteiger charge is -2.21. The van der Waals surface area contributed by atoms with Crippen molar-refractivity contribution in [3.8, 4) is 0 Å². The van der Waals surface area contributed by atoms with E-state index in [1.807, 2.05) is 0 Å². The van der Waals surface area contributed by atoms with Gasteiger partial charge < -0.3 is 0 Å². The topological polar surface area (TPSA) is 24.8 Å². The van der Waals surface area contributed by atoms with E-state index in [0.29, 0.717) is 0 Å². The molecule has 1 fully saturated rings. The van der Waals surface area contributed by atoms with Gasteiger partial charge in [0.1, 0.15) is 0 Å². The predicted molar refractivity (Wildman–Crippen MR) is 31.4 cm³/mol. The Morgan fingerprint density at radius 3 is 2.75 bits per heavy atom. The Kier molecular flexibility index (Phi) is 1.86. The molecule has 1 heterocycles. The molecule has 0 bridgehead atoms. The van der Waals surface area contributed by atoms with Crippen LogP contribution < -0.4 is 0 Å². The highest BCUT2D eigenvalue weighted by Crippen LogP contribution is 2.03. The Labute approximate surface area is 48.9 Å². The molecule has 1 aliphatic heterocycles. The average molecular weight is 114 g/mol. The molecule has 1 rings (SSSR count). The summed E-state index contributed by atoms with van der Waals surface area (Å²) < 4.78 is 0. The molecule has 0 N–H and O–H groups in total. The van der Waals surface area contributed by atoms with E-state index in [4.69, 9.17) is 4.84 Å². The van der Waals surface area contributed by atoms with Crippen LogP contribution in [0.5, 0.6) is 0 Å². The lowest BCUT2D eigenvalue weighted by Crippen LogP contribution is -2.24. The van der Waals surface area contributed by atoms with Gasteiger partial charge in [0.2, 0.25) is 0 Å². The number of hydrazone groups is 1. The van der Waals surface area contributed by atoms with E-state index in [2.05, 4.69) is 11.8 Å². The molecule has 46 valence electrons. The van der Waals surface area contributed by atoms with Crippen LogP contribution in [0.4, 0.5) is 0 Å². The number of hydrogen-bond donors (Lipinski definition) is 0. The van der Waals surface area contributed by atoms with Crippen LogP contribution in [0, 0.1) is 0 Å². The van der Waals surface area contributed by atoms with Gasteiger partial charge in [0.05, 0.1) is 13.2 Å². The van der Waals surface area contributed by atoms with Crippen LogP contribution in [0.25, 0.3) is 0 Å². The summed E-state index contributed by atoms with van der Waals surface area (Å²) in [6.07, 6.45) is 2.31. The van der Waals surface area contributed by atoms with Crippen molar-refractivity contribution in [2.24, 2.45) is 5.10 Å². The minimum absolute atomic E-state index is 0.791. The first-order valence-electron chi connectivity index (χ1n) is 2.80. The van der Waals surface area contributed by atoms with Gasteiger partial charge in [0.15, 0.2) is 0 Å². The molecule has 0 radical (unpaired) electrons. The second-order valence-corrected chi connectivity index (χ2v) is 1.76. The van der Waals surface area contributed by atoms with Gasteiger partial charge in [-0.05, 0) is 12.8 Å². The quantitative estimate of drug-likeness (QED) is 0.467. The molecule has 0 aliphatic carbocycles. The van der Waals surface area contributed by atoms with Crippen molar-refractivity contribution >= 4 is 6.72 Å². The SMILES string of the molecule is C=NN1CCCCO1. The van der Waals surface area contributed by atoms with E-state index in [0.717, 1.165) is 19.6 Å². The van der Waals surface area contributed by atoms with Crippen molar-refractivity contribution in [1.82, 2.24) is 5.17 Å². The fourth-order valence-electron chi connectivity index (χ4n) is 0.695. The summed E-state index contributed by atoms with van der Waals surface area (Å²) in [6, 6.07) is 0. The lowest BCUT2D eigenvalue weighted by molar-refractivity contribution is -0.179. The highest BCUT2D eigenvalue weighted by molar-refractivity contribution is 5.22. The molecule has 0 aromatic heterocycles. The molecule has 0 atom stereocenters. The van der Waals surface area contributed by atoms with Gasteiger partial charge >= 0.3 is 0 Å². The average Bonchev–Trinajstić information content (AvgIpc) is 1.90. The van der Waals surface area contributed by atoms with Gasteiger partial charge in [-0.15, -0.1) is 0 Å². The summed E-state index contributed by atoms with van der Waals surface area (Å²) in [5.41, 5.74) is 0. The van der Waals surface area contributed by atoms with Gasteiger partial charge in [-0.2, -0.15) is 10.3 Å². The van der Waals surface area contributed by atoms with Crippen LogP contribution in [-0.4, -0.2) is 25.0 Å². The van der Waals surface area contributed by atoms with E-state index < -0.39 is 0 Å². The maximum Gasteiger partial charge on any atom is 0.0767 e. The van der Waals surface area contributed by atoms with Crippen LogP contribution in [-0.2, 0) is 4.84 Å². The summed E-state index contributed by atoms with van der Waals surface area (Å²) in [4.78, 5) is 5.03. The van der Waals surface area contributed by atoms with E-state index >= 15 is 0 Å². The molecule has 0 amide bonds. The van der Waals surface area contributed by atoms with Gasteiger partial charge in [0.25, 0.3) is 0 Å². The Balaban J connectivity index is 2.22. The van der Waals surface area contributed by atoms with Crippen molar-refractivity contribution in [1.29, 1.82) is 0 Å². The Bertz CT molecular complexity index is 78.5. The summed E-state index contributed by atoms with van der Waals surface area (Å²) in [7, 11) is 0. The third-order valence-electron chi connectivity index (χ3n) is 1.14. The van der Waals surface area contributed by atoms with Crippen LogP contribution >= 0.6 is 0 Å². The Morgan fingerprint density at radius 1 is 1.50 bits per heavy atom. The lowest BCUT2D eigenvalue weighted by atomic mass is 10.3. The first-order chi connectivity index (χ1) is 3.93. The second kappa shape index (κ2) is 2.67. The molecule has 3 heteroatoms. The Hall–Kier alpha value is -0.570. The number of rotatable bonds is 1. The number of nitrogens with zero attached hydrogens (tertiary/aromatic N) is 2. The summed E-state index contributed by atoms with van der Waals surface area (Å²) in [5, 5.41) is 5.14. The van der Waals surface area contributed by atoms with Crippen molar-refractivity contribution in [2.75, 3.05) is 13.2 Å². The van der Waals surface area contributed by atoms with Crippen LogP contribution in [0.3, 0.4) is 0 Å². The molecule has 0 aromatic carbocycles. The van der Waals surface area contributed by atoms with Gasteiger partial charge in [-0.3, -0.25) is 4.84 Å². The molecule has 3 nitrogen and oxygen atoms in total. The molecule has 0 aromatic rings. The molecule has 1 saturated heterocycles. The molecule has 0 saturated carbocycles. The van der Waals surface area contributed by atoms with Crippen molar-refractivity contribution < 1.29 is 4.84 Å². The third-order valence-corrected chi connectivity index (χ3v) is 1.14. The van der Waals surface area contributed by atoms with Gasteiger partial charge in [-0.25, -0.2) is 0 Å². The minimum Gasteiger partial charge on any atom is -0.257 e. The second-order valence-electron chi connectivity index (χ2n) is 1.76. The predicted octanol–water partition coefficient (Wildman–Crippen LogP) is 0.629. The van der Waals surface area contributed by atoms with Crippen LogP contribution in [0.1, 0.15) is 12.8 Å². The summed E-state index contributed by atoms with van der Waals surface area (Å²) in [5.74, 6) is 0. The van der Waals surface area contributed by atoms with Gasteiger partial charge in [-0.1, -0.05) is 0 Å². The van der Waals surface area contributed by atoms with Crippen molar-refractivity contribution in [3.63, 3.8) is 0 Å². The van der Waals surface area contributed by atoms with E-state index in [-0.39, 0.29) is 0 Å². The van der Waals surface area contributed by atoms with E-state index in [1.54, 1.807) is 0 Å². The molecule has 8 heavy (non-hydrogen) atoms.